The summed E-state index contributed by atoms with van der Waals surface area (Å²) in [6.45, 7) is -0.487. The average Bonchev–Trinajstić information content (AvgIpc) is 2.82. The Morgan fingerprint density at radius 3 is 2.68 bits per heavy atom. The zero-order chi connectivity index (χ0) is 14.1. The quantitative estimate of drug-likeness (QED) is 0.367. The fourth-order valence-electron chi connectivity index (χ4n) is 1.23. The van der Waals surface area contributed by atoms with Crippen LogP contribution in [0.3, 0.4) is 0 Å². The molecule has 0 saturated carbocycles. The summed E-state index contributed by atoms with van der Waals surface area (Å²) in [6, 6.07) is 0. The van der Waals surface area contributed by atoms with Gasteiger partial charge in [-0.3, -0.25) is 0 Å². The summed E-state index contributed by atoms with van der Waals surface area (Å²) in [5, 5.41) is 19.8. The Bertz CT molecular complexity index is 293. The number of nitrogens with one attached hydrogen (secondary N) is 1. The van der Waals surface area contributed by atoms with Gasteiger partial charge in [0.15, 0.2) is 6.10 Å². The predicted octanol–water partition coefficient (Wildman–Crippen LogP) is -1.38. The zero-order valence-corrected chi connectivity index (χ0v) is 10.2. The van der Waals surface area contributed by atoms with Gasteiger partial charge >= 0.3 is 12.2 Å². The van der Waals surface area contributed by atoms with E-state index in [1.165, 1.54) is 0 Å². The molecule has 1 aliphatic heterocycles. The van der Waals surface area contributed by atoms with E-state index < -0.39 is 24.5 Å². The maximum absolute atomic E-state index is 11.1. The summed E-state index contributed by atoms with van der Waals surface area (Å²) >= 11 is 0. The Labute approximate surface area is 109 Å². The third-order valence-electron chi connectivity index (χ3n) is 2.20. The first-order valence-electron chi connectivity index (χ1n) is 5.73. The van der Waals surface area contributed by atoms with Gasteiger partial charge in [-0.2, -0.15) is 0 Å². The SMILES string of the molecule is O=C1NC[C@@H](COC(=O)OCCOC(CO)CO)O1. The lowest BCUT2D eigenvalue weighted by Gasteiger charge is -2.12. The number of rotatable bonds is 8. The Morgan fingerprint density at radius 1 is 1.37 bits per heavy atom. The van der Waals surface area contributed by atoms with E-state index in [1.807, 2.05) is 0 Å². The second-order valence-electron chi connectivity index (χ2n) is 3.68. The van der Waals surface area contributed by atoms with Crippen LogP contribution in [0.4, 0.5) is 9.59 Å². The van der Waals surface area contributed by atoms with Gasteiger partial charge in [0.25, 0.3) is 0 Å². The standard InChI is InChI=1S/C10H17NO8/c12-4-8(5-13)16-1-2-17-10(15)18-6-7-3-11-9(14)19-7/h7-8,12-13H,1-6H2,(H,11,14)/t7-/m0/s1. The largest absolute Gasteiger partial charge is 0.508 e. The van der Waals surface area contributed by atoms with Crippen LogP contribution in [0.25, 0.3) is 0 Å². The van der Waals surface area contributed by atoms with Crippen molar-refractivity contribution in [1.82, 2.24) is 5.32 Å². The molecule has 0 spiro atoms. The van der Waals surface area contributed by atoms with E-state index in [9.17, 15) is 9.59 Å². The number of alkyl carbamates (subject to hydrolysis) is 1. The van der Waals surface area contributed by atoms with Crippen molar-refractivity contribution in [2.75, 3.05) is 39.6 Å². The molecule has 1 amide bonds. The molecule has 0 aromatic rings. The van der Waals surface area contributed by atoms with Crippen LogP contribution >= 0.6 is 0 Å². The van der Waals surface area contributed by atoms with Crippen LogP contribution in [-0.4, -0.2) is 74.2 Å². The van der Waals surface area contributed by atoms with Crippen molar-refractivity contribution in [2.24, 2.45) is 0 Å². The number of carbonyl (C=O) groups is 2. The first-order valence-corrected chi connectivity index (χ1v) is 5.73. The number of aliphatic hydroxyl groups excluding tert-OH is 2. The van der Waals surface area contributed by atoms with E-state index in [1.54, 1.807) is 0 Å². The van der Waals surface area contributed by atoms with Crippen molar-refractivity contribution >= 4 is 12.2 Å². The van der Waals surface area contributed by atoms with Gasteiger partial charge in [0.2, 0.25) is 0 Å². The van der Waals surface area contributed by atoms with Crippen LogP contribution in [0.1, 0.15) is 0 Å². The van der Waals surface area contributed by atoms with Gasteiger partial charge in [0.05, 0.1) is 26.4 Å². The molecule has 0 bridgehead atoms. The minimum absolute atomic E-state index is 0.0286. The summed E-state index contributed by atoms with van der Waals surface area (Å²) < 4.78 is 19.1. The van der Waals surface area contributed by atoms with Crippen molar-refractivity contribution in [1.29, 1.82) is 0 Å². The second-order valence-corrected chi connectivity index (χ2v) is 3.68. The average molecular weight is 279 g/mol. The molecule has 1 rings (SSSR count). The molecule has 110 valence electrons. The highest BCUT2D eigenvalue weighted by Crippen LogP contribution is 2.01. The fraction of sp³-hybridized carbons (Fsp3) is 0.800. The van der Waals surface area contributed by atoms with Crippen molar-refractivity contribution in [2.45, 2.75) is 12.2 Å². The molecule has 1 saturated heterocycles. The molecule has 0 aromatic heterocycles. The lowest BCUT2D eigenvalue weighted by molar-refractivity contribution is -0.0423. The first kappa shape index (κ1) is 15.5. The smallest absolute Gasteiger partial charge is 0.441 e. The fourth-order valence-corrected chi connectivity index (χ4v) is 1.23. The Hall–Kier alpha value is -1.58. The summed E-state index contributed by atoms with van der Waals surface area (Å²) in [5.74, 6) is 0. The number of hydrogen-bond donors (Lipinski definition) is 3. The topological polar surface area (TPSA) is 124 Å². The van der Waals surface area contributed by atoms with E-state index in [0.29, 0.717) is 0 Å². The van der Waals surface area contributed by atoms with Gasteiger partial charge in [-0.1, -0.05) is 0 Å². The lowest BCUT2D eigenvalue weighted by Crippen LogP contribution is -2.26. The summed E-state index contributed by atoms with van der Waals surface area (Å²) in [7, 11) is 0. The minimum Gasteiger partial charge on any atom is -0.441 e. The van der Waals surface area contributed by atoms with Gasteiger partial charge in [0, 0.05) is 0 Å². The van der Waals surface area contributed by atoms with Gasteiger partial charge < -0.3 is 34.5 Å². The number of ether oxygens (including phenoxy) is 4. The Kier molecular flexibility index (Phi) is 6.93. The Morgan fingerprint density at radius 2 is 2.11 bits per heavy atom. The van der Waals surface area contributed by atoms with Crippen LogP contribution < -0.4 is 5.32 Å². The molecule has 9 nitrogen and oxygen atoms in total. The molecule has 3 N–H and O–H groups in total. The van der Waals surface area contributed by atoms with E-state index in [2.05, 4.69) is 10.1 Å². The molecular weight excluding hydrogens is 262 g/mol. The zero-order valence-electron chi connectivity index (χ0n) is 10.2. The van der Waals surface area contributed by atoms with Crippen molar-refractivity contribution in [3.63, 3.8) is 0 Å². The van der Waals surface area contributed by atoms with Gasteiger partial charge in [-0.15, -0.1) is 0 Å². The predicted molar refractivity (Wildman–Crippen MR) is 59.5 cm³/mol. The van der Waals surface area contributed by atoms with Crippen LogP contribution in [0.15, 0.2) is 0 Å². The summed E-state index contributed by atoms with van der Waals surface area (Å²) in [6.07, 6.45) is -2.65. The maximum Gasteiger partial charge on any atom is 0.508 e. The van der Waals surface area contributed by atoms with Crippen LogP contribution in [0.5, 0.6) is 0 Å². The van der Waals surface area contributed by atoms with Crippen LogP contribution in [-0.2, 0) is 18.9 Å². The van der Waals surface area contributed by atoms with Crippen molar-refractivity contribution < 1.29 is 38.7 Å². The maximum atomic E-state index is 11.1. The van der Waals surface area contributed by atoms with E-state index >= 15 is 0 Å². The van der Waals surface area contributed by atoms with Gasteiger partial charge in [-0.05, 0) is 0 Å². The minimum atomic E-state index is -0.906. The first-order chi connectivity index (χ1) is 9.15. The summed E-state index contributed by atoms with van der Waals surface area (Å²) in [4.78, 5) is 21.8. The van der Waals surface area contributed by atoms with Gasteiger partial charge in [0.1, 0.15) is 19.3 Å². The molecule has 19 heavy (non-hydrogen) atoms. The Balaban J connectivity index is 2.00. The monoisotopic (exact) mass is 279 g/mol. The third-order valence-corrected chi connectivity index (χ3v) is 2.20. The van der Waals surface area contributed by atoms with Crippen molar-refractivity contribution in [3.8, 4) is 0 Å². The number of carbonyl (C=O) groups excluding carboxylic acids is 2. The molecule has 0 radical (unpaired) electrons. The van der Waals surface area contributed by atoms with Gasteiger partial charge in [-0.25, -0.2) is 9.59 Å². The molecule has 1 heterocycles. The molecule has 0 unspecified atom stereocenters. The number of hydrogen-bond acceptors (Lipinski definition) is 8. The molecule has 0 aliphatic carbocycles. The molecule has 1 atom stereocenters. The second kappa shape index (κ2) is 8.51. The normalized spacial score (nSPS) is 18.1. The van der Waals surface area contributed by atoms with E-state index in [-0.39, 0.29) is 39.6 Å². The van der Waals surface area contributed by atoms with Crippen LogP contribution in [0, 0.1) is 0 Å². The molecule has 1 aliphatic rings. The molecule has 0 aromatic carbocycles. The highest BCUT2D eigenvalue weighted by Gasteiger charge is 2.24. The van der Waals surface area contributed by atoms with Crippen molar-refractivity contribution in [3.05, 3.63) is 0 Å². The molecule has 9 heteroatoms. The van der Waals surface area contributed by atoms with E-state index in [0.717, 1.165) is 0 Å². The highest BCUT2D eigenvalue weighted by atomic mass is 16.7. The van der Waals surface area contributed by atoms with E-state index in [4.69, 9.17) is 24.4 Å². The lowest BCUT2D eigenvalue weighted by atomic mass is 10.4. The number of amides is 1. The highest BCUT2D eigenvalue weighted by molar-refractivity contribution is 5.69. The summed E-state index contributed by atoms with van der Waals surface area (Å²) in [5.41, 5.74) is 0. The number of aliphatic hydroxyl groups is 2. The van der Waals surface area contributed by atoms with Crippen LogP contribution in [0.2, 0.25) is 0 Å². The third kappa shape index (κ3) is 6.22. The number of cyclic esters (lactones) is 1. The molecule has 1 fully saturated rings. The molecular formula is C10H17NO8.